The molecule has 376 valence electrons. The van der Waals surface area contributed by atoms with Gasteiger partial charge in [0, 0.05) is 97.1 Å². The number of nitrogens with zero attached hydrogens (tertiary/aromatic N) is 4. The number of anilines is 3. The minimum atomic E-state index is -1.73. The average Bonchev–Trinajstić information content (AvgIpc) is 3.57. The highest BCUT2D eigenvalue weighted by atomic mass is 16.6. The molecule has 10 amide bonds. The van der Waals surface area contributed by atoms with Crippen LogP contribution in [0.25, 0.3) is 21.7 Å². The summed E-state index contributed by atoms with van der Waals surface area (Å²) in [5.74, 6) is -6.04. The van der Waals surface area contributed by atoms with E-state index in [1.165, 1.54) is 24.3 Å². The van der Waals surface area contributed by atoms with Crippen molar-refractivity contribution in [2.24, 2.45) is 11.7 Å². The van der Waals surface area contributed by atoms with Gasteiger partial charge in [0.25, 0.3) is 23.6 Å². The first-order chi connectivity index (χ1) is 35.1. The Balaban J connectivity index is 0.760. The van der Waals surface area contributed by atoms with Crippen LogP contribution in [-0.2, 0) is 40.0 Å². The summed E-state index contributed by atoms with van der Waals surface area (Å²) in [6, 6.07) is 22.3. The molecule has 8 N–H and O–H groups in total. The molecule has 0 spiro atoms. The van der Waals surface area contributed by atoms with E-state index in [0.717, 1.165) is 46.5 Å². The number of rotatable bonds is 16. The standard InChI is InChI=1S/C51H51N11O11/c1-59-19-21-60(22-20-59)50(72)73-40-25-39-34(33-5-2-3-6-35(33)40)16-18-61(39)48(70)38-24-30-23-32(12-13-37(30)57-38)56-47(69)29-8-10-31(11-9-29)55-42(64)27-54-49(71)51(26-36(51)46(52)68)58-43(65)28-53-41(63)7-4-17-62-44(66)14-15-45(62)67/h2-3,5-6,8-15,23-25,36,57H,4,7,16-22,26-28H2,1H3,(H2,52,68)(H,53,63)(H,54,71)(H,55,64)(H,56,69)(H,58,65). The number of ether oxygens (including phenoxy) is 1. The summed E-state index contributed by atoms with van der Waals surface area (Å²) in [6.45, 7) is 1.96. The zero-order valence-corrected chi connectivity index (χ0v) is 39.6. The van der Waals surface area contributed by atoms with E-state index < -0.39 is 77.9 Å². The summed E-state index contributed by atoms with van der Waals surface area (Å²) in [6.07, 6.45) is 2.38. The molecular formula is C51H51N11O11. The highest BCUT2D eigenvalue weighted by Gasteiger charge is 2.64. The second kappa shape index (κ2) is 20.4. The molecule has 4 aliphatic rings. The van der Waals surface area contributed by atoms with Gasteiger partial charge in [-0.25, -0.2) is 4.79 Å². The predicted octanol–water partition coefficient (Wildman–Crippen LogP) is 1.76. The summed E-state index contributed by atoms with van der Waals surface area (Å²) >= 11 is 0. The number of H-pyrrole nitrogens is 1. The van der Waals surface area contributed by atoms with E-state index in [2.05, 4.69) is 36.5 Å². The first kappa shape index (κ1) is 49.1. The van der Waals surface area contributed by atoms with Crippen LogP contribution in [0.1, 0.15) is 45.7 Å². The fraction of sp³-hybridized carbons (Fsp3) is 0.294. The summed E-state index contributed by atoms with van der Waals surface area (Å²) in [5.41, 5.74) is 7.40. The van der Waals surface area contributed by atoms with Crippen molar-refractivity contribution in [3.8, 4) is 5.75 Å². The van der Waals surface area contributed by atoms with Gasteiger partial charge in [0.15, 0.2) is 0 Å². The van der Waals surface area contributed by atoms with Crippen LogP contribution in [0.4, 0.5) is 21.9 Å². The van der Waals surface area contributed by atoms with Crippen molar-refractivity contribution in [1.82, 2.24) is 35.6 Å². The van der Waals surface area contributed by atoms with Gasteiger partial charge >= 0.3 is 6.09 Å². The number of carbonyl (C=O) groups excluding carboxylic acids is 10. The normalized spacial score (nSPS) is 18.1. The maximum Gasteiger partial charge on any atom is 0.415 e. The Morgan fingerprint density at radius 1 is 0.767 bits per heavy atom. The maximum absolute atomic E-state index is 14.2. The van der Waals surface area contributed by atoms with E-state index >= 15 is 0 Å². The molecule has 1 aliphatic carbocycles. The van der Waals surface area contributed by atoms with Gasteiger partial charge in [0.2, 0.25) is 29.5 Å². The maximum atomic E-state index is 14.2. The van der Waals surface area contributed by atoms with Crippen LogP contribution in [-0.4, -0.2) is 144 Å². The molecule has 5 aromatic rings. The fourth-order valence-corrected chi connectivity index (χ4v) is 9.24. The van der Waals surface area contributed by atoms with E-state index in [1.807, 2.05) is 31.3 Å². The lowest BCUT2D eigenvalue weighted by Gasteiger charge is -2.31. The van der Waals surface area contributed by atoms with Crippen LogP contribution in [0.2, 0.25) is 0 Å². The Kier molecular flexibility index (Phi) is 13.7. The van der Waals surface area contributed by atoms with Crippen LogP contribution in [0.3, 0.4) is 0 Å². The minimum Gasteiger partial charge on any atom is -0.409 e. The Hall–Kier alpha value is -8.92. The number of hydrogen-bond acceptors (Lipinski definition) is 12. The molecule has 2 unspecified atom stereocenters. The summed E-state index contributed by atoms with van der Waals surface area (Å²) in [7, 11) is 2.01. The molecule has 9 rings (SSSR count). The number of aromatic nitrogens is 1. The Morgan fingerprint density at radius 2 is 1.47 bits per heavy atom. The molecule has 22 nitrogen and oxygen atoms in total. The van der Waals surface area contributed by atoms with Crippen molar-refractivity contribution >= 4 is 98.0 Å². The number of likely N-dealkylation sites (N-methyl/N-ethyl adjacent to an activating group) is 1. The summed E-state index contributed by atoms with van der Waals surface area (Å²) < 4.78 is 6.00. The monoisotopic (exact) mass is 993 g/mol. The number of hydrogen-bond donors (Lipinski definition) is 7. The van der Waals surface area contributed by atoms with Crippen molar-refractivity contribution in [2.75, 3.05) is 74.9 Å². The van der Waals surface area contributed by atoms with E-state index in [1.54, 1.807) is 40.1 Å². The molecule has 22 heteroatoms. The Bertz CT molecular complexity index is 3140. The molecular weight excluding hydrogens is 943 g/mol. The summed E-state index contributed by atoms with van der Waals surface area (Å²) in [4.78, 5) is 137. The van der Waals surface area contributed by atoms with Crippen molar-refractivity contribution in [3.63, 3.8) is 0 Å². The predicted molar refractivity (Wildman–Crippen MR) is 265 cm³/mol. The third-order valence-corrected chi connectivity index (χ3v) is 13.3. The Morgan fingerprint density at radius 3 is 2.18 bits per heavy atom. The second-order valence-electron chi connectivity index (χ2n) is 18.3. The van der Waals surface area contributed by atoms with Gasteiger partial charge < -0.3 is 56.7 Å². The number of nitrogens with two attached hydrogens (primary N) is 1. The average molecular weight is 994 g/mol. The van der Waals surface area contributed by atoms with E-state index in [-0.39, 0.29) is 37.3 Å². The SMILES string of the molecule is CN1CCN(C(=O)Oc2cc3c(c4ccccc24)CCN3C(=O)c2cc3cc(NC(=O)c4ccc(NC(=O)CNC(=O)C5(NC(=O)CNC(=O)CCCN6C(=O)C=CC6=O)CC5C(N)=O)cc4)ccc3[nH]2)CC1. The van der Waals surface area contributed by atoms with Crippen molar-refractivity contribution in [2.45, 2.75) is 31.2 Å². The lowest BCUT2D eigenvalue weighted by atomic mass is 10.0. The van der Waals surface area contributed by atoms with E-state index in [0.29, 0.717) is 65.5 Å². The fourth-order valence-electron chi connectivity index (χ4n) is 9.24. The van der Waals surface area contributed by atoms with Gasteiger partial charge in [-0.15, -0.1) is 0 Å². The molecule has 0 radical (unpaired) electrons. The molecule has 73 heavy (non-hydrogen) atoms. The van der Waals surface area contributed by atoms with Crippen molar-refractivity contribution in [1.29, 1.82) is 0 Å². The highest BCUT2D eigenvalue weighted by molar-refractivity contribution is 6.13. The third-order valence-electron chi connectivity index (χ3n) is 13.3. The number of fused-ring (bicyclic) bond motifs is 4. The zero-order valence-electron chi connectivity index (χ0n) is 39.6. The number of primary amides is 1. The number of amides is 10. The first-order valence-corrected chi connectivity index (χ1v) is 23.6. The van der Waals surface area contributed by atoms with Crippen LogP contribution in [0.15, 0.2) is 91.0 Å². The van der Waals surface area contributed by atoms with E-state index in [4.69, 9.17) is 10.5 Å². The number of nitrogens with one attached hydrogen (secondary N) is 6. The molecule has 0 bridgehead atoms. The van der Waals surface area contributed by atoms with Crippen LogP contribution in [0.5, 0.6) is 5.75 Å². The number of carbonyl (C=O) groups is 10. The van der Waals surface area contributed by atoms with E-state index in [9.17, 15) is 47.9 Å². The second-order valence-corrected chi connectivity index (χ2v) is 18.3. The summed E-state index contributed by atoms with van der Waals surface area (Å²) in [5, 5.41) is 15.1. The lowest BCUT2D eigenvalue weighted by Crippen LogP contribution is -2.54. The van der Waals surface area contributed by atoms with Crippen molar-refractivity contribution < 1.29 is 52.7 Å². The molecule has 2 fully saturated rings. The highest BCUT2D eigenvalue weighted by Crippen LogP contribution is 2.44. The van der Waals surface area contributed by atoms with Gasteiger partial charge in [-0.2, -0.15) is 0 Å². The van der Waals surface area contributed by atoms with Crippen molar-refractivity contribution in [3.05, 3.63) is 108 Å². The quantitative estimate of drug-likeness (QED) is 0.0697. The smallest absolute Gasteiger partial charge is 0.409 e. The van der Waals surface area contributed by atoms with Gasteiger partial charge in [-0.1, -0.05) is 24.3 Å². The molecule has 4 heterocycles. The van der Waals surface area contributed by atoms with Gasteiger partial charge in [0.05, 0.1) is 24.7 Å². The van der Waals surface area contributed by atoms with Gasteiger partial charge in [-0.3, -0.25) is 48.1 Å². The molecule has 4 aromatic carbocycles. The molecule has 1 aromatic heterocycles. The zero-order chi connectivity index (χ0) is 51.6. The minimum absolute atomic E-state index is 0.0183. The van der Waals surface area contributed by atoms with Crippen LogP contribution >= 0.6 is 0 Å². The van der Waals surface area contributed by atoms with Crippen LogP contribution < -0.4 is 42.0 Å². The topological polar surface area (TPSA) is 295 Å². The number of piperazine rings is 1. The van der Waals surface area contributed by atoms with Gasteiger partial charge in [0.1, 0.15) is 17.0 Å². The Labute approximate surface area is 416 Å². The van der Waals surface area contributed by atoms with Gasteiger partial charge in [-0.05, 0) is 85.8 Å². The number of aromatic amines is 1. The molecule has 3 aliphatic heterocycles. The molecule has 1 saturated carbocycles. The van der Waals surface area contributed by atoms with Crippen LogP contribution in [0, 0.1) is 5.92 Å². The molecule has 2 atom stereocenters. The lowest BCUT2D eigenvalue weighted by molar-refractivity contribution is -0.137. The number of imide groups is 1. The largest absolute Gasteiger partial charge is 0.415 e. The number of benzene rings is 4. The third kappa shape index (κ3) is 10.6. The molecule has 1 saturated heterocycles. The first-order valence-electron chi connectivity index (χ1n) is 23.6.